The molecule has 0 aliphatic carbocycles. The van der Waals surface area contributed by atoms with E-state index in [9.17, 15) is 9.59 Å². The highest BCUT2D eigenvalue weighted by molar-refractivity contribution is 5.93. The number of carbonyl (C=O) groups is 2. The van der Waals surface area contributed by atoms with Gasteiger partial charge in [0, 0.05) is 13.0 Å². The predicted molar refractivity (Wildman–Crippen MR) is 38.7 cm³/mol. The van der Waals surface area contributed by atoms with Gasteiger partial charge in [0.05, 0.1) is 0 Å². The van der Waals surface area contributed by atoms with Crippen molar-refractivity contribution in [2.75, 3.05) is 6.54 Å². The fraction of sp³-hybridized carbons (Fsp3) is 0.714. The highest BCUT2D eigenvalue weighted by atomic mass is 16.2. The lowest BCUT2D eigenvalue weighted by Crippen LogP contribution is -2.35. The largest absolute Gasteiger partial charge is 0.342 e. The molecule has 0 unspecified atom stereocenters. The third-order valence-corrected chi connectivity index (χ3v) is 1.82. The SMILES string of the molecule is [NH]C(=O)N1CCCCCC1=O. The topological polar surface area (TPSA) is 61.2 Å². The molecule has 0 bridgehead atoms. The summed E-state index contributed by atoms with van der Waals surface area (Å²) in [5.41, 5.74) is 6.77. The van der Waals surface area contributed by atoms with Gasteiger partial charge in [0.1, 0.15) is 0 Å². The summed E-state index contributed by atoms with van der Waals surface area (Å²) in [5.74, 6) is -0.192. The molecule has 3 amide bonds. The van der Waals surface area contributed by atoms with Crippen molar-refractivity contribution in [3.8, 4) is 0 Å². The summed E-state index contributed by atoms with van der Waals surface area (Å²) in [4.78, 5) is 22.6. The first-order valence-electron chi connectivity index (χ1n) is 3.78. The maximum Gasteiger partial charge on any atom is 0.342 e. The minimum Gasteiger partial charge on any atom is -0.274 e. The van der Waals surface area contributed by atoms with E-state index >= 15 is 0 Å². The maximum absolute atomic E-state index is 11.0. The summed E-state index contributed by atoms with van der Waals surface area (Å²) in [7, 11) is 0. The lowest BCUT2D eigenvalue weighted by atomic mass is 10.2. The van der Waals surface area contributed by atoms with Crippen LogP contribution in [-0.4, -0.2) is 23.4 Å². The summed E-state index contributed by atoms with van der Waals surface area (Å²) in [6.45, 7) is 0.432. The summed E-state index contributed by atoms with van der Waals surface area (Å²) in [6.07, 6.45) is 3.10. The first-order valence-corrected chi connectivity index (χ1v) is 3.78. The average molecular weight is 155 g/mol. The van der Waals surface area contributed by atoms with Crippen LogP contribution in [0.2, 0.25) is 0 Å². The van der Waals surface area contributed by atoms with Crippen molar-refractivity contribution in [3.05, 3.63) is 0 Å². The van der Waals surface area contributed by atoms with Crippen LogP contribution < -0.4 is 5.73 Å². The number of imide groups is 1. The Morgan fingerprint density at radius 3 is 2.73 bits per heavy atom. The molecular formula is C7H11N2O2. The molecule has 4 nitrogen and oxygen atoms in total. The molecule has 4 heteroatoms. The van der Waals surface area contributed by atoms with Gasteiger partial charge in [0.2, 0.25) is 5.91 Å². The lowest BCUT2D eigenvalue weighted by molar-refractivity contribution is -0.127. The van der Waals surface area contributed by atoms with Crippen molar-refractivity contribution in [1.29, 1.82) is 0 Å². The van der Waals surface area contributed by atoms with Crippen LogP contribution in [0.5, 0.6) is 0 Å². The van der Waals surface area contributed by atoms with Crippen molar-refractivity contribution in [2.24, 2.45) is 0 Å². The molecule has 0 aromatic heterocycles. The number of nitrogens with zero attached hydrogens (tertiary/aromatic N) is 1. The Balaban J connectivity index is 2.59. The molecule has 1 radical (unpaired) electrons. The van der Waals surface area contributed by atoms with E-state index in [1.165, 1.54) is 0 Å². The molecule has 1 fully saturated rings. The van der Waals surface area contributed by atoms with Gasteiger partial charge in [-0.15, -0.1) is 0 Å². The van der Waals surface area contributed by atoms with Gasteiger partial charge < -0.3 is 0 Å². The molecule has 1 heterocycles. The van der Waals surface area contributed by atoms with Crippen LogP contribution in [-0.2, 0) is 4.79 Å². The van der Waals surface area contributed by atoms with Gasteiger partial charge in [0.15, 0.2) is 0 Å². The number of hydrogen-bond acceptors (Lipinski definition) is 2. The number of likely N-dealkylation sites (tertiary alicyclic amines) is 1. The van der Waals surface area contributed by atoms with Crippen LogP contribution in [0.1, 0.15) is 25.7 Å². The second-order valence-electron chi connectivity index (χ2n) is 2.66. The van der Waals surface area contributed by atoms with Gasteiger partial charge in [-0.05, 0) is 12.8 Å². The fourth-order valence-electron chi connectivity index (χ4n) is 1.20. The Labute approximate surface area is 65.3 Å². The number of urea groups is 1. The number of rotatable bonds is 0. The molecule has 61 valence electrons. The van der Waals surface area contributed by atoms with Crippen molar-refractivity contribution in [3.63, 3.8) is 0 Å². The van der Waals surface area contributed by atoms with Gasteiger partial charge >= 0.3 is 6.03 Å². The Morgan fingerprint density at radius 2 is 2.09 bits per heavy atom. The van der Waals surface area contributed by atoms with E-state index in [0.717, 1.165) is 24.2 Å². The van der Waals surface area contributed by atoms with Crippen LogP contribution >= 0.6 is 0 Å². The van der Waals surface area contributed by atoms with Gasteiger partial charge in [-0.3, -0.25) is 9.69 Å². The average Bonchev–Trinajstić information content (AvgIpc) is 2.13. The summed E-state index contributed by atoms with van der Waals surface area (Å²) < 4.78 is 0. The molecule has 1 aliphatic rings. The Hall–Kier alpha value is -1.06. The smallest absolute Gasteiger partial charge is 0.274 e. The second kappa shape index (κ2) is 3.37. The van der Waals surface area contributed by atoms with Crippen LogP contribution in [0.3, 0.4) is 0 Å². The normalized spacial score (nSPS) is 19.6. The maximum atomic E-state index is 11.0. The van der Waals surface area contributed by atoms with Crippen molar-refractivity contribution in [2.45, 2.75) is 25.7 Å². The van der Waals surface area contributed by atoms with E-state index in [-0.39, 0.29) is 5.91 Å². The van der Waals surface area contributed by atoms with E-state index in [4.69, 9.17) is 5.73 Å². The van der Waals surface area contributed by atoms with Gasteiger partial charge in [-0.2, -0.15) is 0 Å². The number of carbonyl (C=O) groups excluding carboxylic acids is 2. The molecule has 0 aromatic carbocycles. The first-order chi connectivity index (χ1) is 5.22. The Bertz CT molecular complexity index is 179. The van der Waals surface area contributed by atoms with Crippen molar-refractivity contribution in [1.82, 2.24) is 10.6 Å². The molecule has 11 heavy (non-hydrogen) atoms. The highest BCUT2D eigenvalue weighted by Gasteiger charge is 2.20. The van der Waals surface area contributed by atoms with Crippen LogP contribution in [0.4, 0.5) is 4.79 Å². The predicted octanol–water partition coefficient (Wildman–Crippen LogP) is 0.792. The molecule has 0 saturated carbocycles. The van der Waals surface area contributed by atoms with Crippen LogP contribution in [0.25, 0.3) is 0 Å². The summed E-state index contributed by atoms with van der Waals surface area (Å²) >= 11 is 0. The Kier molecular flexibility index (Phi) is 2.46. The van der Waals surface area contributed by atoms with E-state index in [0.29, 0.717) is 13.0 Å². The fourth-order valence-corrected chi connectivity index (χ4v) is 1.20. The molecule has 0 spiro atoms. The Morgan fingerprint density at radius 1 is 1.36 bits per heavy atom. The van der Waals surface area contributed by atoms with E-state index in [1.54, 1.807) is 0 Å². The van der Waals surface area contributed by atoms with E-state index in [1.807, 2.05) is 0 Å². The zero-order valence-corrected chi connectivity index (χ0v) is 6.30. The third kappa shape index (κ3) is 1.93. The number of hydrogen-bond donors (Lipinski definition) is 0. The zero-order valence-electron chi connectivity index (χ0n) is 6.30. The van der Waals surface area contributed by atoms with Gasteiger partial charge in [0.25, 0.3) is 0 Å². The minimum atomic E-state index is -0.864. The molecule has 1 saturated heterocycles. The molecule has 1 rings (SSSR count). The number of nitrogens with one attached hydrogen (secondary N) is 1. The number of amides is 3. The van der Waals surface area contributed by atoms with Crippen molar-refractivity contribution >= 4 is 11.9 Å². The van der Waals surface area contributed by atoms with Crippen LogP contribution in [0.15, 0.2) is 0 Å². The standard InChI is InChI=1S/C7H11N2O2/c8-7(11)9-5-3-1-2-4-6(9)10/h8H,1-5H2. The second-order valence-corrected chi connectivity index (χ2v) is 2.66. The van der Waals surface area contributed by atoms with E-state index < -0.39 is 6.03 Å². The van der Waals surface area contributed by atoms with Crippen molar-refractivity contribution < 1.29 is 9.59 Å². The first kappa shape index (κ1) is 8.04. The summed E-state index contributed by atoms with van der Waals surface area (Å²) in [5, 5.41) is 0. The van der Waals surface area contributed by atoms with Gasteiger partial charge in [-0.25, -0.2) is 10.5 Å². The molecule has 0 atom stereocenters. The molecule has 0 aromatic rings. The van der Waals surface area contributed by atoms with Gasteiger partial charge in [-0.1, -0.05) is 6.42 Å². The monoisotopic (exact) mass is 155 g/mol. The van der Waals surface area contributed by atoms with E-state index in [2.05, 4.69) is 0 Å². The molecule has 1 aliphatic heterocycles. The van der Waals surface area contributed by atoms with Crippen LogP contribution in [0, 0.1) is 0 Å². The molecule has 1 N–H and O–H groups in total. The third-order valence-electron chi connectivity index (χ3n) is 1.82. The zero-order chi connectivity index (χ0) is 8.27. The summed E-state index contributed by atoms with van der Waals surface area (Å²) in [6, 6.07) is -0.864. The lowest BCUT2D eigenvalue weighted by Gasteiger charge is -2.13. The minimum absolute atomic E-state index is 0.192. The quantitative estimate of drug-likeness (QED) is 0.519. The molecular weight excluding hydrogens is 144 g/mol. The highest BCUT2D eigenvalue weighted by Crippen LogP contribution is 2.10.